The van der Waals surface area contributed by atoms with Gasteiger partial charge < -0.3 is 0 Å². The van der Waals surface area contributed by atoms with E-state index >= 15 is 0 Å². The molecule has 1 heterocycles. The summed E-state index contributed by atoms with van der Waals surface area (Å²) in [6.45, 7) is 2.08. The Labute approximate surface area is 125 Å². The molecular weight excluding hydrogens is 305 g/mol. The van der Waals surface area contributed by atoms with Gasteiger partial charge in [-0.1, -0.05) is 19.1 Å². The smallest absolute Gasteiger partial charge is 0.166 e. The molecule has 1 atom stereocenters. The number of benzene rings is 1. The number of aryl methyl sites for hydroxylation is 1. The Hall–Kier alpha value is -1.00. The highest BCUT2D eigenvalue weighted by Crippen LogP contribution is 2.33. The summed E-state index contributed by atoms with van der Waals surface area (Å²) in [4.78, 5) is 2.32. The first-order chi connectivity index (χ1) is 9.40. The molecule has 0 aliphatic carbocycles. The van der Waals surface area contributed by atoms with Crippen molar-refractivity contribution in [2.75, 3.05) is 0 Å². The average molecular weight is 319 g/mol. The van der Waals surface area contributed by atoms with Crippen LogP contribution in [0.2, 0.25) is 0 Å². The molecule has 0 bridgehead atoms. The summed E-state index contributed by atoms with van der Waals surface area (Å²) in [5.41, 5.74) is 0.182. The van der Waals surface area contributed by atoms with Crippen molar-refractivity contribution < 1.29 is 13.2 Å². The van der Waals surface area contributed by atoms with E-state index in [1.165, 1.54) is 17.0 Å². The third-order valence-electron chi connectivity index (χ3n) is 3.04. The van der Waals surface area contributed by atoms with E-state index < -0.39 is 11.7 Å². The largest absolute Gasteiger partial charge is 0.416 e. The van der Waals surface area contributed by atoms with Crippen molar-refractivity contribution >= 4 is 22.9 Å². The molecule has 0 aliphatic rings. The lowest BCUT2D eigenvalue weighted by Crippen LogP contribution is -2.04. The molecule has 0 aliphatic heterocycles. The van der Waals surface area contributed by atoms with E-state index in [1.807, 2.05) is 12.1 Å². The summed E-state index contributed by atoms with van der Waals surface area (Å²) in [5, 5.41) is -0.197. The lowest BCUT2D eigenvalue weighted by Gasteiger charge is -2.10. The molecule has 0 fully saturated rings. The van der Waals surface area contributed by atoms with Crippen molar-refractivity contribution in [1.82, 2.24) is 0 Å². The number of halogens is 4. The summed E-state index contributed by atoms with van der Waals surface area (Å²) in [5.74, 6) is 0. The van der Waals surface area contributed by atoms with Gasteiger partial charge in [0.25, 0.3) is 0 Å². The number of alkyl halides is 4. The zero-order valence-corrected chi connectivity index (χ0v) is 12.4. The van der Waals surface area contributed by atoms with Gasteiger partial charge in [0.1, 0.15) is 0 Å². The minimum Gasteiger partial charge on any atom is -0.166 e. The van der Waals surface area contributed by atoms with Crippen molar-refractivity contribution in [3.05, 3.63) is 57.3 Å². The van der Waals surface area contributed by atoms with Crippen LogP contribution in [0.1, 0.15) is 33.2 Å². The zero-order chi connectivity index (χ0) is 14.8. The molecule has 1 aromatic carbocycles. The molecule has 0 nitrogen and oxygen atoms in total. The van der Waals surface area contributed by atoms with E-state index in [0.29, 0.717) is 6.42 Å². The second-order valence-corrected chi connectivity index (χ2v) is 6.25. The molecule has 1 unspecified atom stereocenters. The van der Waals surface area contributed by atoms with Crippen LogP contribution in [0.15, 0.2) is 36.4 Å². The third-order valence-corrected chi connectivity index (χ3v) is 4.90. The van der Waals surface area contributed by atoms with E-state index in [4.69, 9.17) is 11.6 Å². The monoisotopic (exact) mass is 318 g/mol. The average Bonchev–Trinajstić information content (AvgIpc) is 2.87. The van der Waals surface area contributed by atoms with Crippen LogP contribution in [0.3, 0.4) is 0 Å². The molecule has 0 spiro atoms. The second kappa shape index (κ2) is 6.19. The lowest BCUT2D eigenvalue weighted by molar-refractivity contribution is -0.137. The van der Waals surface area contributed by atoms with Gasteiger partial charge in [-0.3, -0.25) is 0 Å². The van der Waals surface area contributed by atoms with Gasteiger partial charge >= 0.3 is 6.18 Å². The number of thiophene rings is 1. The van der Waals surface area contributed by atoms with Crippen molar-refractivity contribution in [2.24, 2.45) is 0 Å². The van der Waals surface area contributed by atoms with Gasteiger partial charge in [0.2, 0.25) is 0 Å². The molecule has 5 heteroatoms. The van der Waals surface area contributed by atoms with E-state index in [2.05, 4.69) is 6.92 Å². The van der Waals surface area contributed by atoms with Crippen LogP contribution < -0.4 is 0 Å². The SMILES string of the molecule is CCc1ccc(C(Cl)Cc2ccc(C(F)(F)F)cc2)s1. The van der Waals surface area contributed by atoms with Crippen molar-refractivity contribution in [1.29, 1.82) is 0 Å². The maximum absolute atomic E-state index is 12.5. The van der Waals surface area contributed by atoms with Gasteiger partial charge in [0, 0.05) is 9.75 Å². The number of hydrogen-bond donors (Lipinski definition) is 0. The molecule has 2 rings (SSSR count). The topological polar surface area (TPSA) is 0 Å². The molecule has 0 saturated heterocycles. The van der Waals surface area contributed by atoms with E-state index in [1.54, 1.807) is 11.3 Å². The predicted octanol–water partition coefficient (Wildman–Crippen LogP) is 5.85. The standard InChI is InChI=1S/C15H14ClF3S/c1-2-12-7-8-14(20-12)13(16)9-10-3-5-11(6-4-10)15(17,18)19/h3-8,13H,2,9H2,1H3. The Morgan fingerprint density at radius 1 is 1.10 bits per heavy atom. The number of hydrogen-bond acceptors (Lipinski definition) is 1. The van der Waals surface area contributed by atoms with Gasteiger partial charge in [-0.2, -0.15) is 13.2 Å². The first kappa shape index (κ1) is 15.4. The normalized spacial score (nSPS) is 13.4. The maximum Gasteiger partial charge on any atom is 0.416 e. The molecule has 0 amide bonds. The summed E-state index contributed by atoms with van der Waals surface area (Å²) in [6, 6.07) is 9.22. The van der Waals surface area contributed by atoms with Gasteiger partial charge in [0.15, 0.2) is 0 Å². The van der Waals surface area contributed by atoms with Crippen molar-refractivity contribution in [3.63, 3.8) is 0 Å². The van der Waals surface area contributed by atoms with Crippen LogP contribution in [-0.4, -0.2) is 0 Å². The highest BCUT2D eigenvalue weighted by molar-refractivity contribution is 7.12. The van der Waals surface area contributed by atoms with E-state index in [9.17, 15) is 13.2 Å². The van der Waals surface area contributed by atoms with Crippen LogP contribution >= 0.6 is 22.9 Å². The zero-order valence-electron chi connectivity index (χ0n) is 10.9. The van der Waals surface area contributed by atoms with E-state index in [-0.39, 0.29) is 5.38 Å². The minimum absolute atomic E-state index is 0.197. The molecule has 1 aromatic heterocycles. The summed E-state index contributed by atoms with van der Waals surface area (Å²) in [6.07, 6.45) is -2.79. The Bertz CT molecular complexity index is 557. The fourth-order valence-electron chi connectivity index (χ4n) is 1.89. The predicted molar refractivity (Wildman–Crippen MR) is 77.4 cm³/mol. The van der Waals surface area contributed by atoms with Crippen molar-refractivity contribution in [3.8, 4) is 0 Å². The van der Waals surface area contributed by atoms with Crippen LogP contribution in [0.25, 0.3) is 0 Å². The molecule has 20 heavy (non-hydrogen) atoms. The van der Waals surface area contributed by atoms with Crippen LogP contribution in [0, 0.1) is 0 Å². The Morgan fingerprint density at radius 3 is 2.25 bits per heavy atom. The number of rotatable bonds is 4. The van der Waals surface area contributed by atoms with E-state index in [0.717, 1.165) is 29.0 Å². The Kier molecular flexibility index (Phi) is 4.76. The van der Waals surface area contributed by atoms with Gasteiger partial charge in [-0.15, -0.1) is 22.9 Å². The first-order valence-corrected chi connectivity index (χ1v) is 7.54. The minimum atomic E-state index is -4.29. The summed E-state index contributed by atoms with van der Waals surface area (Å²) < 4.78 is 37.4. The molecule has 0 radical (unpaired) electrons. The van der Waals surface area contributed by atoms with Crippen LogP contribution in [0.5, 0.6) is 0 Å². The highest BCUT2D eigenvalue weighted by Gasteiger charge is 2.30. The summed E-state index contributed by atoms with van der Waals surface area (Å²) >= 11 is 7.98. The Morgan fingerprint density at radius 2 is 1.75 bits per heavy atom. The molecule has 0 N–H and O–H groups in total. The molecular formula is C15H14ClF3S. The maximum atomic E-state index is 12.5. The van der Waals surface area contributed by atoms with Crippen LogP contribution in [-0.2, 0) is 19.0 Å². The Balaban J connectivity index is 2.06. The fraction of sp³-hybridized carbons (Fsp3) is 0.333. The van der Waals surface area contributed by atoms with Gasteiger partial charge in [-0.25, -0.2) is 0 Å². The molecule has 2 aromatic rings. The highest BCUT2D eigenvalue weighted by atomic mass is 35.5. The van der Waals surface area contributed by atoms with Gasteiger partial charge in [-0.05, 0) is 42.7 Å². The fourth-order valence-corrected chi connectivity index (χ4v) is 3.21. The quantitative estimate of drug-likeness (QED) is 0.620. The summed E-state index contributed by atoms with van der Waals surface area (Å²) in [7, 11) is 0. The van der Waals surface area contributed by atoms with Crippen molar-refractivity contribution in [2.45, 2.75) is 31.3 Å². The molecule has 0 saturated carbocycles. The lowest BCUT2D eigenvalue weighted by atomic mass is 10.1. The first-order valence-electron chi connectivity index (χ1n) is 6.29. The third kappa shape index (κ3) is 3.76. The van der Waals surface area contributed by atoms with Gasteiger partial charge in [0.05, 0.1) is 10.9 Å². The molecule has 108 valence electrons. The van der Waals surface area contributed by atoms with Crippen LogP contribution in [0.4, 0.5) is 13.2 Å². The second-order valence-electron chi connectivity index (χ2n) is 4.52.